The highest BCUT2D eigenvalue weighted by Gasteiger charge is 2.14. The summed E-state index contributed by atoms with van der Waals surface area (Å²) in [6, 6.07) is 5.19. The summed E-state index contributed by atoms with van der Waals surface area (Å²) < 4.78 is 0. The number of anilines is 2. The Bertz CT molecular complexity index is 664. The standard InChI is InChI=1S/C14H18N4OS/c15-9-4-5-12-11(7-9)13(19)18-14(17-12)16-8-10-3-1-2-6-20-10/h4-5,7,10H,1-3,6,8,15H2,(H2,16,17,18,19). The van der Waals surface area contributed by atoms with E-state index in [9.17, 15) is 4.79 Å². The zero-order valence-corrected chi connectivity index (χ0v) is 12.0. The Balaban J connectivity index is 1.78. The second-order valence-electron chi connectivity index (χ2n) is 5.06. The minimum absolute atomic E-state index is 0.152. The van der Waals surface area contributed by atoms with E-state index in [0.717, 1.165) is 6.54 Å². The highest BCUT2D eigenvalue weighted by Crippen LogP contribution is 2.25. The molecule has 5 nitrogen and oxygen atoms in total. The molecule has 2 heterocycles. The van der Waals surface area contributed by atoms with Crippen LogP contribution in [0.5, 0.6) is 0 Å². The van der Waals surface area contributed by atoms with E-state index in [4.69, 9.17) is 5.73 Å². The van der Waals surface area contributed by atoms with E-state index < -0.39 is 0 Å². The fourth-order valence-electron chi connectivity index (χ4n) is 2.42. The van der Waals surface area contributed by atoms with E-state index >= 15 is 0 Å². The first-order chi connectivity index (χ1) is 9.72. The molecule has 106 valence electrons. The molecule has 1 fully saturated rings. The number of aromatic amines is 1. The number of nitrogens with zero attached hydrogens (tertiary/aromatic N) is 1. The molecule has 1 unspecified atom stereocenters. The number of aromatic nitrogens is 2. The van der Waals surface area contributed by atoms with E-state index in [1.165, 1.54) is 25.0 Å². The third-order valence-corrected chi connectivity index (χ3v) is 4.90. The molecule has 1 saturated heterocycles. The monoisotopic (exact) mass is 290 g/mol. The number of hydrogen-bond donors (Lipinski definition) is 3. The summed E-state index contributed by atoms with van der Waals surface area (Å²) in [6.07, 6.45) is 3.83. The summed E-state index contributed by atoms with van der Waals surface area (Å²) in [4.78, 5) is 19.2. The van der Waals surface area contributed by atoms with E-state index in [2.05, 4.69) is 15.3 Å². The Morgan fingerprint density at radius 2 is 2.35 bits per heavy atom. The molecule has 1 aliphatic rings. The first kappa shape index (κ1) is 13.3. The van der Waals surface area contributed by atoms with E-state index in [-0.39, 0.29) is 5.56 Å². The number of nitrogen functional groups attached to an aromatic ring is 1. The van der Waals surface area contributed by atoms with Gasteiger partial charge in [0.2, 0.25) is 5.95 Å². The SMILES string of the molecule is Nc1ccc2nc(NCC3CCCCS3)[nH]c(=O)c2c1. The van der Waals surface area contributed by atoms with Gasteiger partial charge in [-0.3, -0.25) is 9.78 Å². The van der Waals surface area contributed by atoms with E-state index in [0.29, 0.717) is 27.8 Å². The van der Waals surface area contributed by atoms with Crippen molar-refractivity contribution in [1.29, 1.82) is 0 Å². The number of rotatable bonds is 3. The van der Waals surface area contributed by atoms with E-state index in [1.807, 2.05) is 11.8 Å². The van der Waals surface area contributed by atoms with Gasteiger partial charge in [0.05, 0.1) is 10.9 Å². The van der Waals surface area contributed by atoms with Gasteiger partial charge in [0, 0.05) is 17.5 Å². The van der Waals surface area contributed by atoms with Gasteiger partial charge >= 0.3 is 0 Å². The Hall–Kier alpha value is -1.69. The average Bonchev–Trinajstić information content (AvgIpc) is 2.47. The first-order valence-corrected chi connectivity index (χ1v) is 7.92. The predicted octanol–water partition coefficient (Wildman–Crippen LogP) is 2.20. The summed E-state index contributed by atoms with van der Waals surface area (Å²) in [6.45, 7) is 0.841. The molecule has 2 aromatic rings. The number of hydrogen-bond acceptors (Lipinski definition) is 5. The van der Waals surface area contributed by atoms with Crippen molar-refractivity contribution >= 4 is 34.3 Å². The van der Waals surface area contributed by atoms with E-state index in [1.54, 1.807) is 18.2 Å². The van der Waals surface area contributed by atoms with Crippen LogP contribution in [0.1, 0.15) is 19.3 Å². The van der Waals surface area contributed by atoms with Crippen LogP contribution in [0.15, 0.2) is 23.0 Å². The van der Waals surface area contributed by atoms with Gasteiger partial charge in [-0.05, 0) is 36.8 Å². The first-order valence-electron chi connectivity index (χ1n) is 6.87. The fraction of sp³-hybridized carbons (Fsp3) is 0.429. The summed E-state index contributed by atoms with van der Waals surface area (Å²) in [7, 11) is 0. The normalized spacial score (nSPS) is 19.1. The van der Waals surface area contributed by atoms with Gasteiger partial charge < -0.3 is 11.1 Å². The zero-order chi connectivity index (χ0) is 13.9. The van der Waals surface area contributed by atoms with Crippen LogP contribution in [0.4, 0.5) is 11.6 Å². The molecular weight excluding hydrogens is 272 g/mol. The van der Waals surface area contributed by atoms with Gasteiger partial charge in [-0.2, -0.15) is 11.8 Å². The number of benzene rings is 1. The summed E-state index contributed by atoms with van der Waals surface area (Å²) in [5.74, 6) is 1.77. The minimum atomic E-state index is -0.152. The maximum absolute atomic E-state index is 12.0. The molecule has 1 atom stereocenters. The van der Waals surface area contributed by atoms with Crippen molar-refractivity contribution in [2.24, 2.45) is 0 Å². The quantitative estimate of drug-likeness (QED) is 0.755. The van der Waals surface area contributed by atoms with Crippen LogP contribution in [0.25, 0.3) is 10.9 Å². The predicted molar refractivity (Wildman–Crippen MR) is 85.4 cm³/mol. The van der Waals surface area contributed by atoms with Gasteiger partial charge in [-0.15, -0.1) is 0 Å². The second kappa shape index (κ2) is 5.75. The lowest BCUT2D eigenvalue weighted by Crippen LogP contribution is -2.22. The maximum Gasteiger partial charge on any atom is 0.260 e. The molecule has 4 N–H and O–H groups in total. The maximum atomic E-state index is 12.0. The van der Waals surface area contributed by atoms with Crippen LogP contribution in [0.3, 0.4) is 0 Å². The van der Waals surface area contributed by atoms with Crippen LogP contribution in [0, 0.1) is 0 Å². The molecular formula is C14H18N4OS. The van der Waals surface area contributed by atoms with Gasteiger partial charge in [-0.25, -0.2) is 4.98 Å². The molecule has 0 spiro atoms. The molecule has 1 aromatic heterocycles. The molecule has 0 radical (unpaired) electrons. The molecule has 20 heavy (non-hydrogen) atoms. The second-order valence-corrected chi connectivity index (χ2v) is 6.47. The van der Waals surface area contributed by atoms with Gasteiger partial charge in [-0.1, -0.05) is 6.42 Å². The van der Waals surface area contributed by atoms with Gasteiger partial charge in [0.1, 0.15) is 0 Å². The van der Waals surface area contributed by atoms with Gasteiger partial charge in [0.15, 0.2) is 0 Å². The third-order valence-electron chi connectivity index (χ3n) is 3.50. The van der Waals surface area contributed by atoms with Crippen molar-refractivity contribution in [1.82, 2.24) is 9.97 Å². The molecule has 0 amide bonds. The summed E-state index contributed by atoms with van der Waals surface area (Å²) >= 11 is 1.99. The largest absolute Gasteiger partial charge is 0.399 e. The van der Waals surface area contributed by atoms with Crippen molar-refractivity contribution in [2.45, 2.75) is 24.5 Å². The zero-order valence-electron chi connectivity index (χ0n) is 11.2. The number of nitrogens with one attached hydrogen (secondary N) is 2. The average molecular weight is 290 g/mol. The van der Waals surface area contributed by atoms with Crippen LogP contribution in [-0.2, 0) is 0 Å². The summed E-state index contributed by atoms with van der Waals surface area (Å²) in [5, 5.41) is 4.38. The van der Waals surface area contributed by atoms with Crippen molar-refractivity contribution in [3.8, 4) is 0 Å². The number of fused-ring (bicyclic) bond motifs is 1. The van der Waals surface area contributed by atoms with Crippen LogP contribution in [-0.4, -0.2) is 27.5 Å². The Kier molecular flexibility index (Phi) is 3.82. The molecule has 1 aromatic carbocycles. The lowest BCUT2D eigenvalue weighted by molar-refractivity contribution is 0.676. The molecule has 6 heteroatoms. The minimum Gasteiger partial charge on any atom is -0.399 e. The van der Waals surface area contributed by atoms with Gasteiger partial charge in [0.25, 0.3) is 5.56 Å². The topological polar surface area (TPSA) is 83.8 Å². The number of nitrogens with two attached hydrogens (primary N) is 1. The summed E-state index contributed by atoms with van der Waals surface area (Å²) in [5.41, 5.74) is 6.78. The Morgan fingerprint density at radius 3 is 3.15 bits per heavy atom. The number of thioether (sulfide) groups is 1. The van der Waals surface area contributed by atoms with Crippen molar-refractivity contribution in [3.63, 3.8) is 0 Å². The third kappa shape index (κ3) is 2.90. The highest BCUT2D eigenvalue weighted by molar-refractivity contribution is 7.99. The molecule has 3 rings (SSSR count). The van der Waals surface area contributed by atoms with Crippen molar-refractivity contribution in [2.75, 3.05) is 23.3 Å². The highest BCUT2D eigenvalue weighted by atomic mass is 32.2. The smallest absolute Gasteiger partial charge is 0.260 e. The van der Waals surface area contributed by atoms with Crippen molar-refractivity contribution < 1.29 is 0 Å². The van der Waals surface area contributed by atoms with Crippen LogP contribution in [0.2, 0.25) is 0 Å². The molecule has 0 saturated carbocycles. The number of H-pyrrole nitrogens is 1. The van der Waals surface area contributed by atoms with Crippen LogP contribution >= 0.6 is 11.8 Å². The van der Waals surface area contributed by atoms with Crippen molar-refractivity contribution in [3.05, 3.63) is 28.6 Å². The Labute approximate surface area is 121 Å². The molecule has 0 bridgehead atoms. The Morgan fingerprint density at radius 1 is 1.45 bits per heavy atom. The molecule has 1 aliphatic heterocycles. The lowest BCUT2D eigenvalue weighted by atomic mass is 10.2. The fourth-order valence-corrected chi connectivity index (χ4v) is 3.66. The lowest BCUT2D eigenvalue weighted by Gasteiger charge is -2.21. The molecule has 0 aliphatic carbocycles. The van der Waals surface area contributed by atoms with Crippen LogP contribution < -0.4 is 16.6 Å².